The van der Waals surface area contributed by atoms with E-state index < -0.39 is 22.5 Å². The Morgan fingerprint density at radius 2 is 1.50 bits per heavy atom. The molecule has 0 radical (unpaired) electrons. The molecule has 0 saturated carbocycles. The first-order valence-corrected chi connectivity index (χ1v) is 12.4. The standard InChI is InChI=1S/C23H21Cl3N2O3S/c24-18-13-19(25)15-20(14-18)28(32(30,31)21-9-2-1-3-10-21)16-23(29)27-12-6-8-17-7-4-5-11-22(17)26/h1-5,7,9-11,13-15H,6,8,12,16H2,(H,27,29). The third-order valence-electron chi connectivity index (χ3n) is 4.66. The number of benzene rings is 3. The summed E-state index contributed by atoms with van der Waals surface area (Å²) in [6, 6.07) is 19.8. The predicted octanol–water partition coefficient (Wildman–Crippen LogP) is 5.59. The molecule has 0 aliphatic heterocycles. The van der Waals surface area contributed by atoms with E-state index in [1.165, 1.54) is 30.3 Å². The van der Waals surface area contributed by atoms with Crippen LogP contribution in [0.2, 0.25) is 15.1 Å². The average Bonchev–Trinajstić information content (AvgIpc) is 2.76. The fourth-order valence-corrected chi connectivity index (χ4v) is 5.28. The van der Waals surface area contributed by atoms with E-state index in [2.05, 4.69) is 5.32 Å². The lowest BCUT2D eigenvalue weighted by atomic mass is 10.1. The molecule has 3 aromatic carbocycles. The predicted molar refractivity (Wildman–Crippen MR) is 130 cm³/mol. The number of sulfonamides is 1. The van der Waals surface area contributed by atoms with Gasteiger partial charge in [-0.25, -0.2) is 8.42 Å². The lowest BCUT2D eigenvalue weighted by Crippen LogP contribution is -2.41. The highest BCUT2D eigenvalue weighted by molar-refractivity contribution is 7.92. The smallest absolute Gasteiger partial charge is 0.264 e. The molecule has 0 spiro atoms. The first-order chi connectivity index (χ1) is 15.3. The summed E-state index contributed by atoms with van der Waals surface area (Å²) >= 11 is 18.3. The summed E-state index contributed by atoms with van der Waals surface area (Å²) in [6.07, 6.45) is 1.35. The van der Waals surface area contributed by atoms with Crippen molar-refractivity contribution in [1.29, 1.82) is 0 Å². The number of nitrogens with zero attached hydrogens (tertiary/aromatic N) is 1. The summed E-state index contributed by atoms with van der Waals surface area (Å²) in [5, 5.41) is 3.98. The Bertz CT molecular complexity index is 1170. The lowest BCUT2D eigenvalue weighted by Gasteiger charge is -2.24. The van der Waals surface area contributed by atoms with Gasteiger partial charge in [0, 0.05) is 21.6 Å². The molecule has 0 aromatic heterocycles. The van der Waals surface area contributed by atoms with E-state index in [-0.39, 0.29) is 20.6 Å². The van der Waals surface area contributed by atoms with Crippen molar-refractivity contribution in [2.24, 2.45) is 0 Å². The Kier molecular flexibility index (Phi) is 8.43. The maximum Gasteiger partial charge on any atom is 0.264 e. The lowest BCUT2D eigenvalue weighted by molar-refractivity contribution is -0.119. The number of hydrogen-bond acceptors (Lipinski definition) is 3. The molecule has 9 heteroatoms. The Hall–Kier alpha value is -2.25. The molecule has 0 saturated heterocycles. The van der Waals surface area contributed by atoms with E-state index >= 15 is 0 Å². The molecule has 0 aliphatic rings. The molecular weight excluding hydrogens is 491 g/mol. The zero-order valence-corrected chi connectivity index (χ0v) is 20.1. The second kappa shape index (κ2) is 11.1. The highest BCUT2D eigenvalue weighted by Crippen LogP contribution is 2.29. The van der Waals surface area contributed by atoms with Gasteiger partial charge in [-0.3, -0.25) is 9.10 Å². The molecule has 0 aliphatic carbocycles. The van der Waals surface area contributed by atoms with Crippen molar-refractivity contribution < 1.29 is 13.2 Å². The largest absolute Gasteiger partial charge is 0.355 e. The van der Waals surface area contributed by atoms with Crippen molar-refractivity contribution in [2.75, 3.05) is 17.4 Å². The summed E-state index contributed by atoms with van der Waals surface area (Å²) in [5.74, 6) is -0.445. The molecule has 1 amide bonds. The third kappa shape index (κ3) is 6.39. The van der Waals surface area contributed by atoms with Gasteiger partial charge >= 0.3 is 0 Å². The van der Waals surface area contributed by atoms with Crippen LogP contribution >= 0.6 is 34.8 Å². The molecule has 0 fully saturated rings. The van der Waals surface area contributed by atoms with Gasteiger partial charge in [0.25, 0.3) is 10.0 Å². The topological polar surface area (TPSA) is 66.5 Å². The first kappa shape index (κ1) is 24.4. The Balaban J connectivity index is 1.74. The molecule has 168 valence electrons. The van der Waals surface area contributed by atoms with Crippen molar-refractivity contribution in [3.05, 3.63) is 93.4 Å². The number of rotatable bonds is 9. The molecule has 3 rings (SSSR count). The van der Waals surface area contributed by atoms with E-state index in [0.29, 0.717) is 24.4 Å². The summed E-state index contributed by atoms with van der Waals surface area (Å²) in [4.78, 5) is 12.7. The van der Waals surface area contributed by atoms with Crippen molar-refractivity contribution in [3.63, 3.8) is 0 Å². The fraction of sp³-hybridized carbons (Fsp3) is 0.174. The number of anilines is 1. The van der Waals surface area contributed by atoms with Crippen LogP contribution < -0.4 is 9.62 Å². The third-order valence-corrected chi connectivity index (χ3v) is 7.25. The molecule has 0 heterocycles. The molecule has 3 aromatic rings. The molecule has 0 unspecified atom stereocenters. The van der Waals surface area contributed by atoms with Gasteiger partial charge in [-0.2, -0.15) is 0 Å². The van der Waals surface area contributed by atoms with Crippen molar-refractivity contribution in [3.8, 4) is 0 Å². The highest BCUT2D eigenvalue weighted by atomic mass is 35.5. The Morgan fingerprint density at radius 1 is 0.875 bits per heavy atom. The van der Waals surface area contributed by atoms with Crippen molar-refractivity contribution in [2.45, 2.75) is 17.7 Å². The van der Waals surface area contributed by atoms with Crippen LogP contribution in [0.3, 0.4) is 0 Å². The molecule has 32 heavy (non-hydrogen) atoms. The molecule has 0 bridgehead atoms. The van der Waals surface area contributed by atoms with E-state index in [1.54, 1.807) is 18.2 Å². The van der Waals surface area contributed by atoms with Crippen LogP contribution in [0.25, 0.3) is 0 Å². The highest BCUT2D eigenvalue weighted by Gasteiger charge is 2.27. The zero-order valence-electron chi connectivity index (χ0n) is 17.0. The summed E-state index contributed by atoms with van der Waals surface area (Å²) in [7, 11) is -4.02. The van der Waals surface area contributed by atoms with Gasteiger partial charge in [0.1, 0.15) is 6.54 Å². The van der Waals surface area contributed by atoms with Gasteiger partial charge in [0.05, 0.1) is 10.6 Å². The molecule has 5 nitrogen and oxygen atoms in total. The number of nitrogens with one attached hydrogen (secondary N) is 1. The first-order valence-electron chi connectivity index (χ1n) is 9.81. The van der Waals surface area contributed by atoms with Gasteiger partial charge in [0.2, 0.25) is 5.91 Å². The summed E-state index contributed by atoms with van der Waals surface area (Å²) < 4.78 is 27.6. The number of amides is 1. The number of carbonyl (C=O) groups excluding carboxylic acids is 1. The Morgan fingerprint density at radius 3 is 2.16 bits per heavy atom. The Labute approximate surface area is 203 Å². The van der Waals surface area contributed by atoms with E-state index in [9.17, 15) is 13.2 Å². The zero-order chi connectivity index (χ0) is 23.1. The maximum atomic E-state index is 13.3. The van der Waals surface area contributed by atoms with Crippen LogP contribution in [-0.4, -0.2) is 27.4 Å². The SMILES string of the molecule is O=C(CN(c1cc(Cl)cc(Cl)c1)S(=O)(=O)c1ccccc1)NCCCc1ccccc1Cl. The molecular formula is C23H21Cl3N2O3S. The number of aryl methyl sites for hydroxylation is 1. The van der Waals surface area contributed by atoms with Gasteiger partial charge < -0.3 is 5.32 Å². The van der Waals surface area contributed by atoms with Crippen molar-refractivity contribution >= 4 is 56.4 Å². The van der Waals surface area contributed by atoms with Crippen LogP contribution in [0.5, 0.6) is 0 Å². The molecule has 1 N–H and O–H groups in total. The van der Waals surface area contributed by atoms with E-state index in [4.69, 9.17) is 34.8 Å². The quantitative estimate of drug-likeness (QED) is 0.381. The van der Waals surface area contributed by atoms with Gasteiger partial charge in [-0.05, 0) is 54.8 Å². The maximum absolute atomic E-state index is 13.3. The van der Waals surface area contributed by atoms with Gasteiger partial charge in [0.15, 0.2) is 0 Å². The van der Waals surface area contributed by atoms with Crippen LogP contribution in [0, 0.1) is 0 Å². The van der Waals surface area contributed by atoms with Crippen LogP contribution in [0.4, 0.5) is 5.69 Å². The minimum atomic E-state index is -4.02. The number of halogens is 3. The van der Waals surface area contributed by atoms with E-state index in [0.717, 1.165) is 9.87 Å². The monoisotopic (exact) mass is 510 g/mol. The van der Waals surface area contributed by atoms with Gasteiger partial charge in [-0.1, -0.05) is 71.2 Å². The van der Waals surface area contributed by atoms with Crippen LogP contribution in [0.15, 0.2) is 77.7 Å². The average molecular weight is 512 g/mol. The van der Waals surface area contributed by atoms with Crippen molar-refractivity contribution in [1.82, 2.24) is 5.32 Å². The van der Waals surface area contributed by atoms with Crippen LogP contribution in [0.1, 0.15) is 12.0 Å². The second-order valence-corrected chi connectivity index (χ2v) is 10.1. The summed E-state index contributed by atoms with van der Waals surface area (Å²) in [6.45, 7) is -0.0421. The molecule has 0 atom stereocenters. The number of hydrogen-bond donors (Lipinski definition) is 1. The normalized spacial score (nSPS) is 11.2. The summed E-state index contributed by atoms with van der Waals surface area (Å²) in [5.41, 5.74) is 1.20. The van der Waals surface area contributed by atoms with Gasteiger partial charge in [-0.15, -0.1) is 0 Å². The second-order valence-electron chi connectivity index (χ2n) is 7.00. The minimum Gasteiger partial charge on any atom is -0.355 e. The number of carbonyl (C=O) groups is 1. The fourth-order valence-electron chi connectivity index (χ4n) is 3.11. The van der Waals surface area contributed by atoms with Crippen LogP contribution in [-0.2, 0) is 21.2 Å². The van der Waals surface area contributed by atoms with E-state index in [1.807, 2.05) is 24.3 Å². The minimum absolute atomic E-state index is 0.0580.